The van der Waals surface area contributed by atoms with Crippen LogP contribution in [0.15, 0.2) is 86.4 Å². The predicted octanol–water partition coefficient (Wildman–Crippen LogP) is 2.71. The standard InChI is InChI=1S/C24H20ClN5O5/c1-34-21-11-10-20(14-26-21)35-19-8-6-18(7-9-19)27-22-28-23(32)29(12-13-31)24(33)30(22)15-16-2-4-17(25)5-3-16/h2,4,6-11,14,31H,12-13,15H2,1H3,(H,27,28,32). The molecule has 0 spiro atoms. The number of halogens is 1. The number of nitrogens with one attached hydrogen (secondary N) is 1. The number of hydrogen-bond acceptors (Lipinski definition) is 8. The van der Waals surface area contributed by atoms with Gasteiger partial charge in [-0.1, -0.05) is 17.3 Å². The number of nitrogens with zero attached hydrogens (tertiary/aromatic N) is 4. The van der Waals surface area contributed by atoms with Crippen LogP contribution in [0, 0.1) is 0 Å². The summed E-state index contributed by atoms with van der Waals surface area (Å²) < 4.78 is 12.9. The van der Waals surface area contributed by atoms with Gasteiger partial charge in [-0.2, -0.15) is 4.98 Å². The van der Waals surface area contributed by atoms with E-state index in [-0.39, 0.29) is 25.6 Å². The van der Waals surface area contributed by atoms with Crippen LogP contribution in [-0.4, -0.2) is 37.9 Å². The Morgan fingerprint density at radius 1 is 1.06 bits per heavy atom. The van der Waals surface area contributed by atoms with Gasteiger partial charge in [-0.05, 0) is 48.2 Å². The van der Waals surface area contributed by atoms with Gasteiger partial charge in [-0.3, -0.25) is 4.57 Å². The number of hydrogen-bond donors (Lipinski definition) is 2. The van der Waals surface area contributed by atoms with Gasteiger partial charge < -0.3 is 19.9 Å². The first kappa shape index (κ1) is 23.8. The summed E-state index contributed by atoms with van der Waals surface area (Å²) in [6, 6.07) is 10.3. The van der Waals surface area contributed by atoms with Crippen LogP contribution in [0.1, 0.15) is 0 Å². The highest BCUT2D eigenvalue weighted by molar-refractivity contribution is 6.31. The number of allylic oxidation sites excluding steroid dienone is 4. The van der Waals surface area contributed by atoms with Crippen LogP contribution in [0.5, 0.6) is 17.4 Å². The van der Waals surface area contributed by atoms with E-state index < -0.39 is 11.4 Å². The van der Waals surface area contributed by atoms with Gasteiger partial charge in [0.05, 0.1) is 38.0 Å². The lowest BCUT2D eigenvalue weighted by atomic mass is 10.2. The van der Waals surface area contributed by atoms with Gasteiger partial charge in [-0.15, -0.1) is 0 Å². The molecule has 2 heterocycles. The maximum Gasteiger partial charge on any atom is 0.355 e. The summed E-state index contributed by atoms with van der Waals surface area (Å²) >= 11 is 5.88. The van der Waals surface area contributed by atoms with Gasteiger partial charge in [0.2, 0.25) is 11.8 Å². The van der Waals surface area contributed by atoms with E-state index in [1.54, 1.807) is 54.7 Å². The van der Waals surface area contributed by atoms with Crippen molar-refractivity contribution < 1.29 is 14.6 Å². The smallest absolute Gasteiger partial charge is 0.355 e. The maximum absolute atomic E-state index is 13.0. The first-order chi connectivity index (χ1) is 17.0. The first-order valence-electron chi connectivity index (χ1n) is 10.4. The Bertz CT molecular complexity index is 1480. The van der Waals surface area contributed by atoms with Gasteiger partial charge in [0.15, 0.2) is 0 Å². The minimum Gasteiger partial charge on any atom is -0.481 e. The fourth-order valence-electron chi connectivity index (χ4n) is 3.14. The third kappa shape index (κ3) is 5.78. The third-order valence-corrected chi connectivity index (χ3v) is 5.06. The molecule has 0 amide bonds. The van der Waals surface area contributed by atoms with E-state index in [0.29, 0.717) is 33.7 Å². The average Bonchev–Trinajstić information content (AvgIpc) is 2.87. The van der Waals surface area contributed by atoms with Crippen molar-refractivity contribution in [3.63, 3.8) is 0 Å². The molecule has 178 valence electrons. The lowest BCUT2D eigenvalue weighted by Crippen LogP contribution is -2.43. The van der Waals surface area contributed by atoms with Gasteiger partial charge >= 0.3 is 11.4 Å². The summed E-state index contributed by atoms with van der Waals surface area (Å²) in [5, 5.41) is 12.6. The zero-order valence-electron chi connectivity index (χ0n) is 18.6. The van der Waals surface area contributed by atoms with Crippen LogP contribution in [-0.2, 0) is 13.1 Å². The summed E-state index contributed by atoms with van der Waals surface area (Å²) in [5.41, 5.74) is 5.38. The molecule has 1 aliphatic carbocycles. The maximum atomic E-state index is 13.0. The molecule has 0 radical (unpaired) electrons. The van der Waals surface area contributed by atoms with E-state index in [4.69, 9.17) is 21.1 Å². The number of aromatic nitrogens is 4. The predicted molar refractivity (Wildman–Crippen MR) is 129 cm³/mol. The Labute approximate surface area is 204 Å². The topological polar surface area (TPSA) is 121 Å². The normalized spacial score (nSPS) is 12.2. The fraction of sp³-hybridized carbons (Fsp3) is 0.167. The number of rotatable bonds is 9. The van der Waals surface area contributed by atoms with Gasteiger partial charge in [0, 0.05) is 17.3 Å². The second-order valence-electron chi connectivity index (χ2n) is 7.21. The molecule has 35 heavy (non-hydrogen) atoms. The molecule has 2 N–H and O–H groups in total. The van der Waals surface area contributed by atoms with E-state index in [2.05, 4.69) is 26.7 Å². The van der Waals surface area contributed by atoms with Gasteiger partial charge in [0.1, 0.15) is 11.5 Å². The van der Waals surface area contributed by atoms with E-state index in [0.717, 1.165) is 4.57 Å². The van der Waals surface area contributed by atoms with Crippen molar-refractivity contribution in [1.29, 1.82) is 0 Å². The van der Waals surface area contributed by atoms with Crippen molar-refractivity contribution in [3.8, 4) is 17.4 Å². The van der Waals surface area contributed by atoms with Crippen LogP contribution >= 0.6 is 11.6 Å². The van der Waals surface area contributed by atoms with Crippen molar-refractivity contribution in [3.05, 3.63) is 97.8 Å². The SMILES string of the molecule is COc1ccc(Oc2ccc(Nc3nc(=O)n(CCO)c(=O)n3CC3=C=C=C(Cl)C=C3)cc2)cn1. The average molecular weight is 494 g/mol. The van der Waals surface area contributed by atoms with E-state index >= 15 is 0 Å². The Morgan fingerprint density at radius 3 is 2.46 bits per heavy atom. The van der Waals surface area contributed by atoms with Crippen LogP contribution in [0.25, 0.3) is 0 Å². The summed E-state index contributed by atoms with van der Waals surface area (Å²) in [6.07, 6.45) is 4.86. The number of benzene rings is 1. The summed E-state index contributed by atoms with van der Waals surface area (Å²) in [6.45, 7) is -0.498. The number of pyridine rings is 1. The first-order valence-corrected chi connectivity index (χ1v) is 10.8. The zero-order valence-corrected chi connectivity index (χ0v) is 19.3. The summed E-state index contributed by atoms with van der Waals surface area (Å²) in [4.78, 5) is 33.5. The molecular formula is C24H20ClN5O5. The van der Waals surface area contributed by atoms with E-state index in [9.17, 15) is 14.7 Å². The summed E-state index contributed by atoms with van der Waals surface area (Å²) in [5.74, 6) is 1.60. The Kier molecular flexibility index (Phi) is 7.30. The largest absolute Gasteiger partial charge is 0.481 e. The van der Waals surface area contributed by atoms with Crippen molar-refractivity contribution in [2.45, 2.75) is 13.1 Å². The van der Waals surface area contributed by atoms with Crippen molar-refractivity contribution in [2.24, 2.45) is 0 Å². The molecule has 3 aromatic rings. The third-order valence-electron chi connectivity index (χ3n) is 4.84. The molecule has 2 aromatic heterocycles. The number of aliphatic hydroxyl groups excluding tert-OH is 1. The minimum atomic E-state index is -0.776. The number of aliphatic hydroxyl groups is 1. The molecule has 4 rings (SSSR count). The second kappa shape index (κ2) is 10.7. The Morgan fingerprint density at radius 2 is 1.83 bits per heavy atom. The molecule has 1 aromatic carbocycles. The molecule has 0 aliphatic heterocycles. The van der Waals surface area contributed by atoms with Crippen molar-refractivity contribution in [1.82, 2.24) is 19.1 Å². The molecule has 0 fully saturated rings. The van der Waals surface area contributed by atoms with Crippen LogP contribution in [0.3, 0.4) is 0 Å². The minimum absolute atomic E-state index is 0.0329. The molecule has 11 heteroatoms. The molecule has 0 atom stereocenters. The van der Waals surface area contributed by atoms with Crippen LogP contribution < -0.4 is 26.2 Å². The molecule has 1 aliphatic rings. The Balaban J connectivity index is 1.61. The molecule has 0 saturated heterocycles. The zero-order chi connectivity index (χ0) is 24.8. The quantitative estimate of drug-likeness (QED) is 0.436. The highest BCUT2D eigenvalue weighted by Crippen LogP contribution is 2.24. The fourth-order valence-corrected chi connectivity index (χ4v) is 3.25. The number of methoxy groups -OCH3 is 1. The van der Waals surface area contributed by atoms with Gasteiger partial charge in [0.25, 0.3) is 0 Å². The molecule has 0 bridgehead atoms. The van der Waals surface area contributed by atoms with Crippen LogP contribution in [0.2, 0.25) is 0 Å². The molecular weight excluding hydrogens is 474 g/mol. The highest BCUT2D eigenvalue weighted by Gasteiger charge is 2.15. The molecule has 0 saturated carbocycles. The monoisotopic (exact) mass is 493 g/mol. The molecule has 10 nitrogen and oxygen atoms in total. The molecule has 0 unspecified atom stereocenters. The second-order valence-corrected chi connectivity index (χ2v) is 7.61. The highest BCUT2D eigenvalue weighted by atomic mass is 35.5. The summed E-state index contributed by atoms with van der Waals surface area (Å²) in [7, 11) is 1.53. The number of anilines is 2. The lowest BCUT2D eigenvalue weighted by molar-refractivity contribution is 0.268. The van der Waals surface area contributed by atoms with Crippen LogP contribution in [0.4, 0.5) is 11.6 Å². The van der Waals surface area contributed by atoms with Crippen molar-refractivity contribution in [2.75, 3.05) is 19.0 Å². The number of ether oxygens (including phenoxy) is 2. The Hall–Kier alpha value is -4.33. The van der Waals surface area contributed by atoms with E-state index in [1.807, 2.05) is 0 Å². The van der Waals surface area contributed by atoms with Gasteiger partial charge in [-0.25, -0.2) is 19.1 Å². The van der Waals surface area contributed by atoms with E-state index in [1.165, 1.54) is 11.7 Å². The lowest BCUT2D eigenvalue weighted by Gasteiger charge is -2.15. The van der Waals surface area contributed by atoms with Crippen molar-refractivity contribution >= 4 is 23.2 Å².